The Bertz CT molecular complexity index is 379. The zero-order valence-corrected chi connectivity index (χ0v) is 10.4. The van der Waals surface area contributed by atoms with Crippen LogP contribution < -0.4 is 4.74 Å². The topological polar surface area (TPSA) is 46.5 Å². The Kier molecular flexibility index (Phi) is 3.91. The van der Waals surface area contributed by atoms with E-state index >= 15 is 0 Å². The number of hydrogen-bond acceptors (Lipinski definition) is 3. The van der Waals surface area contributed by atoms with Gasteiger partial charge in [-0.25, -0.2) is 9.18 Å². The van der Waals surface area contributed by atoms with Crippen molar-refractivity contribution in [1.29, 1.82) is 0 Å². The van der Waals surface area contributed by atoms with Crippen molar-refractivity contribution in [1.82, 2.24) is 0 Å². The van der Waals surface area contributed by atoms with Gasteiger partial charge in [0.1, 0.15) is 19.0 Å². The van der Waals surface area contributed by atoms with Gasteiger partial charge in [-0.15, -0.1) is 11.3 Å². The summed E-state index contributed by atoms with van der Waals surface area (Å²) in [6.07, 6.45) is 0. The van der Waals surface area contributed by atoms with Crippen molar-refractivity contribution in [3.63, 3.8) is 0 Å². The largest absolute Gasteiger partial charge is 0.489 e. The summed E-state index contributed by atoms with van der Waals surface area (Å²) in [5, 5.41) is 8.98. The number of ether oxygens (including phenoxy) is 1. The number of thiophene rings is 1. The summed E-state index contributed by atoms with van der Waals surface area (Å²) in [6.45, 7) is 5.23. The molecule has 0 saturated carbocycles. The zero-order chi connectivity index (χ0) is 12.3. The van der Waals surface area contributed by atoms with Crippen LogP contribution in [0.25, 0.3) is 0 Å². The van der Waals surface area contributed by atoms with E-state index in [-0.39, 0.29) is 22.6 Å². The van der Waals surface area contributed by atoms with Gasteiger partial charge in [0.2, 0.25) is 0 Å². The molecule has 1 N–H and O–H groups in total. The smallest absolute Gasteiger partial charge is 0.349 e. The first-order chi connectivity index (χ1) is 7.36. The van der Waals surface area contributed by atoms with Crippen molar-refractivity contribution >= 4 is 17.3 Å². The SMILES string of the molecule is CC(C)(C)c1cc(OCCF)c(C(=O)O)s1. The zero-order valence-electron chi connectivity index (χ0n) is 9.54. The predicted molar refractivity (Wildman–Crippen MR) is 61.4 cm³/mol. The highest BCUT2D eigenvalue weighted by Gasteiger charge is 2.23. The van der Waals surface area contributed by atoms with Gasteiger partial charge in [0, 0.05) is 4.88 Å². The molecule has 0 aliphatic rings. The van der Waals surface area contributed by atoms with Crippen LogP contribution in [-0.2, 0) is 5.41 Å². The molecule has 0 fully saturated rings. The molecule has 0 aliphatic heterocycles. The second kappa shape index (κ2) is 4.82. The Balaban J connectivity index is 3.05. The van der Waals surface area contributed by atoms with Crippen LogP contribution in [0.4, 0.5) is 4.39 Å². The average molecular weight is 246 g/mol. The summed E-state index contributed by atoms with van der Waals surface area (Å²) < 4.78 is 17.1. The molecule has 5 heteroatoms. The molecule has 3 nitrogen and oxygen atoms in total. The molecule has 1 aromatic rings. The van der Waals surface area contributed by atoms with Gasteiger partial charge in [0.15, 0.2) is 4.88 Å². The van der Waals surface area contributed by atoms with Gasteiger partial charge in [-0.3, -0.25) is 0 Å². The van der Waals surface area contributed by atoms with Gasteiger partial charge in [-0.1, -0.05) is 20.8 Å². The lowest BCUT2D eigenvalue weighted by atomic mass is 9.95. The lowest BCUT2D eigenvalue weighted by Crippen LogP contribution is -2.08. The van der Waals surface area contributed by atoms with Gasteiger partial charge in [0.05, 0.1) is 0 Å². The minimum atomic E-state index is -1.03. The molecule has 0 saturated heterocycles. The quantitative estimate of drug-likeness (QED) is 0.888. The lowest BCUT2D eigenvalue weighted by Gasteiger charge is -2.14. The average Bonchev–Trinajstić information content (AvgIpc) is 2.57. The first kappa shape index (κ1) is 13.0. The molecule has 0 aromatic carbocycles. The number of carboxylic acids is 1. The lowest BCUT2D eigenvalue weighted by molar-refractivity contribution is 0.0697. The molecule has 1 rings (SSSR count). The molecule has 90 valence electrons. The normalized spacial score (nSPS) is 11.5. The summed E-state index contributed by atoms with van der Waals surface area (Å²) in [5.74, 6) is -0.769. The van der Waals surface area contributed by atoms with E-state index < -0.39 is 12.6 Å². The van der Waals surface area contributed by atoms with Gasteiger partial charge >= 0.3 is 5.97 Å². The Hall–Kier alpha value is -1.10. The number of alkyl halides is 1. The van der Waals surface area contributed by atoms with E-state index in [1.807, 2.05) is 20.8 Å². The van der Waals surface area contributed by atoms with E-state index in [2.05, 4.69) is 0 Å². The van der Waals surface area contributed by atoms with Crippen molar-refractivity contribution < 1.29 is 19.0 Å². The van der Waals surface area contributed by atoms with E-state index in [4.69, 9.17) is 9.84 Å². The van der Waals surface area contributed by atoms with Gasteiger partial charge < -0.3 is 9.84 Å². The predicted octanol–water partition coefficient (Wildman–Crippen LogP) is 3.09. The van der Waals surface area contributed by atoms with Crippen LogP contribution in [0.5, 0.6) is 5.75 Å². The molecular formula is C11H15FO3S. The third kappa shape index (κ3) is 2.95. The highest BCUT2D eigenvalue weighted by atomic mass is 32.1. The highest BCUT2D eigenvalue weighted by molar-refractivity contribution is 7.14. The maximum Gasteiger partial charge on any atom is 0.349 e. The van der Waals surface area contributed by atoms with Gasteiger partial charge in [0.25, 0.3) is 0 Å². The Morgan fingerprint density at radius 2 is 2.19 bits per heavy atom. The van der Waals surface area contributed by atoms with Crippen molar-refractivity contribution in [3.05, 3.63) is 15.8 Å². The van der Waals surface area contributed by atoms with Crippen LogP contribution in [0, 0.1) is 0 Å². The Labute approximate surface area is 97.9 Å². The number of carbonyl (C=O) groups is 1. The molecule has 1 aromatic heterocycles. The number of halogens is 1. The van der Waals surface area contributed by atoms with Crippen LogP contribution in [0.1, 0.15) is 35.3 Å². The Morgan fingerprint density at radius 3 is 2.62 bits per heavy atom. The first-order valence-electron chi connectivity index (χ1n) is 4.92. The van der Waals surface area contributed by atoms with Gasteiger partial charge in [-0.2, -0.15) is 0 Å². The van der Waals surface area contributed by atoms with Crippen LogP contribution >= 0.6 is 11.3 Å². The summed E-state index contributed by atoms with van der Waals surface area (Å²) >= 11 is 1.18. The molecule has 1 heterocycles. The molecule has 16 heavy (non-hydrogen) atoms. The van der Waals surface area contributed by atoms with E-state index in [9.17, 15) is 9.18 Å². The number of aromatic carboxylic acids is 1. The van der Waals surface area contributed by atoms with Crippen molar-refractivity contribution in [3.8, 4) is 5.75 Å². The molecule has 0 aliphatic carbocycles. The minimum Gasteiger partial charge on any atom is -0.489 e. The van der Waals surface area contributed by atoms with Crippen molar-refractivity contribution in [2.24, 2.45) is 0 Å². The second-order valence-corrected chi connectivity index (χ2v) is 5.45. The Morgan fingerprint density at radius 1 is 1.56 bits per heavy atom. The fraction of sp³-hybridized carbons (Fsp3) is 0.545. The van der Waals surface area contributed by atoms with Crippen LogP contribution in [-0.4, -0.2) is 24.4 Å². The number of rotatable bonds is 4. The summed E-state index contributed by atoms with van der Waals surface area (Å²) in [4.78, 5) is 12.0. The van der Waals surface area contributed by atoms with Gasteiger partial charge in [-0.05, 0) is 11.5 Å². The molecule has 0 unspecified atom stereocenters. The molecule has 0 bridgehead atoms. The standard InChI is InChI=1S/C11H15FO3S/c1-11(2,3)8-6-7(15-5-4-12)9(16-8)10(13)14/h6H,4-5H2,1-3H3,(H,13,14). The fourth-order valence-electron chi connectivity index (χ4n) is 1.15. The second-order valence-electron chi connectivity index (χ2n) is 4.40. The van der Waals surface area contributed by atoms with Crippen LogP contribution in [0.15, 0.2) is 6.07 Å². The molecule has 0 atom stereocenters. The molecular weight excluding hydrogens is 231 g/mol. The summed E-state index contributed by atoms with van der Waals surface area (Å²) in [5.41, 5.74) is -0.133. The number of carboxylic acid groups (broad SMARTS) is 1. The maximum absolute atomic E-state index is 12.0. The third-order valence-electron chi connectivity index (χ3n) is 1.97. The van der Waals surface area contributed by atoms with E-state index in [0.29, 0.717) is 0 Å². The van der Waals surface area contributed by atoms with Crippen LogP contribution in [0.3, 0.4) is 0 Å². The fourth-order valence-corrected chi connectivity index (χ4v) is 2.15. The highest BCUT2D eigenvalue weighted by Crippen LogP contribution is 2.36. The molecule has 0 radical (unpaired) electrons. The maximum atomic E-state index is 12.0. The van der Waals surface area contributed by atoms with Crippen LogP contribution in [0.2, 0.25) is 0 Å². The van der Waals surface area contributed by atoms with E-state index in [0.717, 1.165) is 4.88 Å². The molecule has 0 amide bonds. The monoisotopic (exact) mass is 246 g/mol. The summed E-state index contributed by atoms with van der Waals surface area (Å²) in [6, 6.07) is 1.68. The number of hydrogen-bond donors (Lipinski definition) is 1. The van der Waals surface area contributed by atoms with Crippen molar-refractivity contribution in [2.75, 3.05) is 13.3 Å². The van der Waals surface area contributed by atoms with Crippen molar-refractivity contribution in [2.45, 2.75) is 26.2 Å². The third-order valence-corrected chi connectivity index (χ3v) is 3.50. The molecule has 0 spiro atoms. The summed E-state index contributed by atoms with van der Waals surface area (Å²) in [7, 11) is 0. The van der Waals surface area contributed by atoms with E-state index in [1.165, 1.54) is 11.3 Å². The van der Waals surface area contributed by atoms with E-state index in [1.54, 1.807) is 6.07 Å². The minimum absolute atomic E-state index is 0.111. The first-order valence-corrected chi connectivity index (χ1v) is 5.74.